The smallest absolute Gasteiger partial charge is 0.276 e. The van der Waals surface area contributed by atoms with Crippen molar-refractivity contribution in [2.75, 3.05) is 13.1 Å². The minimum Gasteiger partial charge on any atom is -0.448 e. The van der Waals surface area contributed by atoms with E-state index in [2.05, 4.69) is 10.1 Å². The highest BCUT2D eigenvalue weighted by atomic mass is 16.3. The zero-order valence-electron chi connectivity index (χ0n) is 10.8. The number of aromatic nitrogens is 3. The molecule has 0 aromatic carbocycles. The molecular formula is C13H16N4O2. The fraction of sp³-hybridized carbons (Fsp3) is 0.462. The Bertz CT molecular complexity index is 561. The molecule has 0 saturated carbocycles. The normalized spacial score (nSPS) is 19.6. The second-order valence-corrected chi connectivity index (χ2v) is 4.79. The number of piperidine rings is 1. The van der Waals surface area contributed by atoms with Crippen LogP contribution in [-0.2, 0) is 0 Å². The van der Waals surface area contributed by atoms with Gasteiger partial charge < -0.3 is 9.32 Å². The highest BCUT2D eigenvalue weighted by molar-refractivity contribution is 5.93. The summed E-state index contributed by atoms with van der Waals surface area (Å²) < 4.78 is 7.03. The highest BCUT2D eigenvalue weighted by Crippen LogP contribution is 2.22. The first kappa shape index (κ1) is 12.0. The average molecular weight is 260 g/mol. The summed E-state index contributed by atoms with van der Waals surface area (Å²) in [4.78, 5) is 18.2. The van der Waals surface area contributed by atoms with Crippen LogP contribution in [0.1, 0.15) is 35.1 Å². The van der Waals surface area contributed by atoms with Crippen molar-refractivity contribution in [1.29, 1.82) is 0 Å². The molecule has 6 nitrogen and oxygen atoms in total. The van der Waals surface area contributed by atoms with E-state index in [1.165, 1.54) is 6.39 Å². The van der Waals surface area contributed by atoms with Crippen LogP contribution in [0.15, 0.2) is 29.3 Å². The van der Waals surface area contributed by atoms with Crippen molar-refractivity contribution in [3.05, 3.63) is 36.3 Å². The topological polar surface area (TPSA) is 64.2 Å². The summed E-state index contributed by atoms with van der Waals surface area (Å²) in [5, 5.41) is 4.26. The molecule has 0 N–H and O–H groups in total. The third-order valence-corrected chi connectivity index (χ3v) is 3.53. The number of likely N-dealkylation sites (tertiary alicyclic amines) is 1. The van der Waals surface area contributed by atoms with Crippen molar-refractivity contribution >= 4 is 5.91 Å². The van der Waals surface area contributed by atoms with E-state index in [9.17, 15) is 4.79 Å². The SMILES string of the molecule is Cc1ocnc1C(=O)N1CCCC(n2cccn2)C1. The lowest BCUT2D eigenvalue weighted by Gasteiger charge is -2.32. The molecule has 19 heavy (non-hydrogen) atoms. The van der Waals surface area contributed by atoms with Crippen molar-refractivity contribution in [1.82, 2.24) is 19.7 Å². The molecule has 1 aliphatic rings. The molecule has 1 unspecified atom stereocenters. The van der Waals surface area contributed by atoms with Crippen LogP contribution in [0.2, 0.25) is 0 Å². The van der Waals surface area contributed by atoms with E-state index >= 15 is 0 Å². The summed E-state index contributed by atoms with van der Waals surface area (Å²) in [6.07, 6.45) is 7.05. The van der Waals surface area contributed by atoms with Crippen LogP contribution >= 0.6 is 0 Å². The van der Waals surface area contributed by atoms with Gasteiger partial charge >= 0.3 is 0 Å². The van der Waals surface area contributed by atoms with Gasteiger partial charge in [-0.3, -0.25) is 9.48 Å². The Balaban J connectivity index is 1.75. The molecular weight excluding hydrogens is 244 g/mol. The third kappa shape index (κ3) is 2.25. The van der Waals surface area contributed by atoms with Crippen molar-refractivity contribution in [3.63, 3.8) is 0 Å². The molecule has 0 spiro atoms. The molecule has 1 atom stereocenters. The second kappa shape index (κ2) is 4.87. The molecule has 0 aliphatic carbocycles. The summed E-state index contributed by atoms with van der Waals surface area (Å²) in [5.41, 5.74) is 0.418. The van der Waals surface area contributed by atoms with Gasteiger partial charge in [0.25, 0.3) is 5.91 Å². The lowest BCUT2D eigenvalue weighted by molar-refractivity contribution is 0.0666. The molecule has 1 saturated heterocycles. The first-order chi connectivity index (χ1) is 9.25. The summed E-state index contributed by atoms with van der Waals surface area (Å²) in [6.45, 7) is 3.20. The van der Waals surface area contributed by atoms with E-state index in [0.717, 1.165) is 19.4 Å². The molecule has 0 radical (unpaired) electrons. The van der Waals surface area contributed by atoms with Gasteiger partial charge in [0.05, 0.1) is 6.04 Å². The molecule has 100 valence electrons. The number of carbonyl (C=O) groups is 1. The Morgan fingerprint density at radius 2 is 2.42 bits per heavy atom. The maximum Gasteiger partial charge on any atom is 0.276 e. The summed E-state index contributed by atoms with van der Waals surface area (Å²) in [7, 11) is 0. The fourth-order valence-corrected chi connectivity index (χ4v) is 2.51. The van der Waals surface area contributed by atoms with Gasteiger partial charge in [-0.15, -0.1) is 0 Å². The minimum atomic E-state index is -0.0527. The Morgan fingerprint density at radius 3 is 3.11 bits per heavy atom. The van der Waals surface area contributed by atoms with Gasteiger partial charge in [-0.05, 0) is 25.8 Å². The number of rotatable bonds is 2. The van der Waals surface area contributed by atoms with Gasteiger partial charge in [0.15, 0.2) is 12.1 Å². The second-order valence-electron chi connectivity index (χ2n) is 4.79. The van der Waals surface area contributed by atoms with E-state index < -0.39 is 0 Å². The summed E-state index contributed by atoms with van der Waals surface area (Å²) in [6, 6.07) is 2.16. The average Bonchev–Trinajstić information content (AvgIpc) is 3.09. The van der Waals surface area contributed by atoms with E-state index in [1.54, 1.807) is 13.1 Å². The lowest BCUT2D eigenvalue weighted by Crippen LogP contribution is -2.41. The molecule has 1 aliphatic heterocycles. The highest BCUT2D eigenvalue weighted by Gasteiger charge is 2.27. The molecule has 1 fully saturated rings. The van der Waals surface area contributed by atoms with Crippen LogP contribution in [0, 0.1) is 6.92 Å². The van der Waals surface area contributed by atoms with Crippen molar-refractivity contribution in [2.45, 2.75) is 25.8 Å². The quantitative estimate of drug-likeness (QED) is 0.823. The molecule has 2 aromatic heterocycles. The van der Waals surface area contributed by atoms with Gasteiger partial charge in [-0.1, -0.05) is 0 Å². The third-order valence-electron chi connectivity index (χ3n) is 3.53. The maximum absolute atomic E-state index is 12.4. The Labute approximate surface area is 111 Å². The molecule has 6 heteroatoms. The molecule has 1 amide bonds. The Morgan fingerprint density at radius 1 is 1.53 bits per heavy atom. The van der Waals surface area contributed by atoms with Gasteiger partial charge in [-0.2, -0.15) is 5.10 Å². The predicted molar refractivity (Wildman–Crippen MR) is 67.6 cm³/mol. The number of aryl methyl sites for hydroxylation is 1. The van der Waals surface area contributed by atoms with Crippen LogP contribution in [0.4, 0.5) is 0 Å². The first-order valence-electron chi connectivity index (χ1n) is 6.44. The van der Waals surface area contributed by atoms with Crippen molar-refractivity contribution < 1.29 is 9.21 Å². The number of nitrogens with zero attached hydrogens (tertiary/aromatic N) is 4. The van der Waals surface area contributed by atoms with E-state index in [-0.39, 0.29) is 11.9 Å². The van der Waals surface area contributed by atoms with Crippen LogP contribution in [0.3, 0.4) is 0 Å². The number of carbonyl (C=O) groups excluding carboxylic acids is 1. The molecule has 2 aromatic rings. The fourth-order valence-electron chi connectivity index (χ4n) is 2.51. The van der Waals surface area contributed by atoms with Crippen LogP contribution in [0.5, 0.6) is 0 Å². The van der Waals surface area contributed by atoms with Gasteiger partial charge in [-0.25, -0.2) is 4.98 Å². The zero-order chi connectivity index (χ0) is 13.2. The predicted octanol–water partition coefficient (Wildman–Crippen LogP) is 1.66. The monoisotopic (exact) mass is 260 g/mol. The first-order valence-corrected chi connectivity index (χ1v) is 6.44. The summed E-state index contributed by atoms with van der Waals surface area (Å²) in [5.74, 6) is 0.523. The number of oxazole rings is 1. The molecule has 3 rings (SSSR count). The standard InChI is InChI=1S/C13H16N4O2/c1-10-12(14-9-19-10)13(18)16-6-2-4-11(8-16)17-7-3-5-15-17/h3,5,7,9,11H,2,4,6,8H2,1H3. The largest absolute Gasteiger partial charge is 0.448 e. The summed E-state index contributed by atoms with van der Waals surface area (Å²) >= 11 is 0. The maximum atomic E-state index is 12.4. The van der Waals surface area contributed by atoms with Gasteiger partial charge in [0.2, 0.25) is 0 Å². The van der Waals surface area contributed by atoms with E-state index in [4.69, 9.17) is 4.42 Å². The Hall–Kier alpha value is -2.11. The van der Waals surface area contributed by atoms with Crippen molar-refractivity contribution in [3.8, 4) is 0 Å². The van der Waals surface area contributed by atoms with E-state index in [1.807, 2.05) is 21.8 Å². The van der Waals surface area contributed by atoms with Gasteiger partial charge in [0, 0.05) is 25.5 Å². The molecule has 3 heterocycles. The molecule has 0 bridgehead atoms. The van der Waals surface area contributed by atoms with Crippen LogP contribution in [0.25, 0.3) is 0 Å². The van der Waals surface area contributed by atoms with E-state index in [0.29, 0.717) is 18.0 Å². The number of amides is 1. The Kier molecular flexibility index (Phi) is 3.06. The number of hydrogen-bond acceptors (Lipinski definition) is 4. The van der Waals surface area contributed by atoms with Gasteiger partial charge in [0.1, 0.15) is 5.76 Å². The van der Waals surface area contributed by atoms with Crippen molar-refractivity contribution in [2.24, 2.45) is 0 Å². The van der Waals surface area contributed by atoms with Crippen LogP contribution < -0.4 is 0 Å². The lowest BCUT2D eigenvalue weighted by atomic mass is 10.1. The number of hydrogen-bond donors (Lipinski definition) is 0. The zero-order valence-corrected chi connectivity index (χ0v) is 10.8. The minimum absolute atomic E-state index is 0.0527. The van der Waals surface area contributed by atoms with Crippen LogP contribution in [-0.4, -0.2) is 38.7 Å².